The molecule has 0 radical (unpaired) electrons. The first-order valence-corrected chi connectivity index (χ1v) is 10.8. The highest BCUT2D eigenvalue weighted by molar-refractivity contribution is 7.90. The number of benzene rings is 1. The summed E-state index contributed by atoms with van der Waals surface area (Å²) in [5.41, 5.74) is 3.02. The second kappa shape index (κ2) is 7.30. The number of anilines is 2. The van der Waals surface area contributed by atoms with Crippen molar-refractivity contribution in [2.75, 3.05) is 11.6 Å². The number of pyridine rings is 1. The van der Waals surface area contributed by atoms with Gasteiger partial charge in [0.1, 0.15) is 0 Å². The van der Waals surface area contributed by atoms with E-state index in [0.717, 1.165) is 11.1 Å². The van der Waals surface area contributed by atoms with Crippen LogP contribution in [0.2, 0.25) is 0 Å². The highest BCUT2D eigenvalue weighted by Gasteiger charge is 2.12. The van der Waals surface area contributed by atoms with Gasteiger partial charge in [0.05, 0.1) is 29.4 Å². The molecule has 0 aliphatic heterocycles. The minimum atomic E-state index is -3.25. The van der Waals surface area contributed by atoms with Gasteiger partial charge in [0.25, 0.3) is 0 Å². The van der Waals surface area contributed by atoms with Crippen LogP contribution in [-0.2, 0) is 16.4 Å². The third-order valence-corrected chi connectivity index (χ3v) is 5.42. The number of nitrogens with zero attached hydrogens (tertiary/aromatic N) is 5. The Morgan fingerprint density at radius 2 is 1.97 bits per heavy atom. The number of fused-ring (bicyclic) bond motifs is 1. The van der Waals surface area contributed by atoms with Crippen LogP contribution in [0.1, 0.15) is 6.92 Å². The van der Waals surface area contributed by atoms with E-state index in [4.69, 9.17) is 0 Å². The summed E-state index contributed by atoms with van der Waals surface area (Å²) < 4.78 is 26.6. The van der Waals surface area contributed by atoms with Crippen molar-refractivity contribution in [3.63, 3.8) is 0 Å². The normalized spacial score (nSPS) is 12.9. The zero-order chi connectivity index (χ0) is 20.6. The molecule has 0 aliphatic carbocycles. The van der Waals surface area contributed by atoms with Gasteiger partial charge < -0.3 is 10.4 Å². The minimum Gasteiger partial charge on any atom is -0.391 e. The molecule has 0 amide bonds. The molecule has 29 heavy (non-hydrogen) atoms. The van der Waals surface area contributed by atoms with Crippen LogP contribution in [0.4, 0.5) is 11.6 Å². The van der Waals surface area contributed by atoms with E-state index in [1.165, 1.54) is 6.26 Å². The molecule has 2 N–H and O–H groups in total. The summed E-state index contributed by atoms with van der Waals surface area (Å²) in [7, 11) is -3.25. The summed E-state index contributed by atoms with van der Waals surface area (Å²) >= 11 is 0. The summed E-state index contributed by atoms with van der Waals surface area (Å²) in [6, 6.07) is 10.4. The lowest BCUT2D eigenvalue weighted by Gasteiger charge is -2.04. The lowest BCUT2D eigenvalue weighted by Crippen LogP contribution is -2.11. The molecule has 4 aromatic rings. The molecule has 1 atom stereocenters. The zero-order valence-corrected chi connectivity index (χ0v) is 16.7. The Hall–Kier alpha value is -3.24. The molecule has 1 aromatic carbocycles. The van der Waals surface area contributed by atoms with E-state index < -0.39 is 15.9 Å². The summed E-state index contributed by atoms with van der Waals surface area (Å²) in [5, 5.41) is 21.2. The topological polar surface area (TPSA) is 114 Å². The Bertz CT molecular complexity index is 1260. The van der Waals surface area contributed by atoms with Gasteiger partial charge >= 0.3 is 0 Å². The Balaban J connectivity index is 1.64. The van der Waals surface area contributed by atoms with Crippen LogP contribution in [0.3, 0.4) is 0 Å². The van der Waals surface area contributed by atoms with Crippen LogP contribution >= 0.6 is 0 Å². The predicted octanol–water partition coefficient (Wildman–Crippen LogP) is 2.12. The predicted molar refractivity (Wildman–Crippen MR) is 109 cm³/mol. The van der Waals surface area contributed by atoms with Gasteiger partial charge in [-0.2, -0.15) is 10.1 Å². The molecular formula is C19H20N6O3S. The summed E-state index contributed by atoms with van der Waals surface area (Å²) in [6.07, 6.45) is 5.89. The highest BCUT2D eigenvalue weighted by atomic mass is 32.2. The molecule has 0 bridgehead atoms. The molecule has 0 fully saturated rings. The quantitative estimate of drug-likeness (QED) is 0.498. The van der Waals surface area contributed by atoms with Crippen LogP contribution in [-0.4, -0.2) is 50.3 Å². The SMILES string of the molecule is CC(O)Cn1cc(Nc2nc3c(-c4ccc(S(C)(=O)=O)cc4)cccn3n2)cn1. The van der Waals surface area contributed by atoms with Crippen molar-refractivity contribution in [3.8, 4) is 11.1 Å². The molecular weight excluding hydrogens is 392 g/mol. The molecule has 0 saturated carbocycles. The van der Waals surface area contributed by atoms with Gasteiger partial charge in [-0.1, -0.05) is 12.1 Å². The average molecular weight is 412 g/mol. The smallest absolute Gasteiger partial charge is 0.247 e. The van der Waals surface area contributed by atoms with Crippen LogP contribution in [0.25, 0.3) is 16.8 Å². The van der Waals surface area contributed by atoms with E-state index in [2.05, 4.69) is 20.5 Å². The maximum absolute atomic E-state index is 11.7. The molecule has 0 spiro atoms. The molecule has 1 unspecified atom stereocenters. The van der Waals surface area contributed by atoms with Crippen LogP contribution in [0.5, 0.6) is 0 Å². The summed E-state index contributed by atoms with van der Waals surface area (Å²) in [5.74, 6) is 0.404. The second-order valence-electron chi connectivity index (χ2n) is 6.85. The number of nitrogens with one attached hydrogen (secondary N) is 1. The number of hydrogen-bond acceptors (Lipinski definition) is 7. The van der Waals surface area contributed by atoms with Crippen molar-refractivity contribution in [1.82, 2.24) is 24.4 Å². The highest BCUT2D eigenvalue weighted by Crippen LogP contribution is 2.26. The van der Waals surface area contributed by atoms with Gasteiger partial charge in [-0.3, -0.25) is 4.68 Å². The van der Waals surface area contributed by atoms with Gasteiger partial charge in [0.2, 0.25) is 5.95 Å². The summed E-state index contributed by atoms with van der Waals surface area (Å²) in [6.45, 7) is 2.09. The second-order valence-corrected chi connectivity index (χ2v) is 8.86. The number of aliphatic hydroxyl groups is 1. The Labute approximate surface area is 167 Å². The van der Waals surface area contributed by atoms with Gasteiger partial charge in [0, 0.05) is 24.2 Å². The molecule has 150 valence electrons. The standard InChI is InChI=1S/C19H20N6O3S/c1-13(26)11-24-12-15(10-20-24)21-19-22-18-17(4-3-9-25(18)23-19)14-5-7-16(8-6-14)29(2,27)28/h3-10,12-13,26H,11H2,1-2H3,(H,21,23). The van der Waals surface area contributed by atoms with Crippen LogP contribution < -0.4 is 5.32 Å². The van der Waals surface area contributed by atoms with Gasteiger partial charge in [0.15, 0.2) is 15.5 Å². The Morgan fingerprint density at radius 3 is 2.66 bits per heavy atom. The molecule has 3 heterocycles. The molecule has 0 saturated heterocycles. The fourth-order valence-electron chi connectivity index (χ4n) is 2.99. The average Bonchev–Trinajstić information content (AvgIpc) is 3.26. The number of aliphatic hydroxyl groups excluding tert-OH is 1. The Morgan fingerprint density at radius 1 is 1.21 bits per heavy atom. The van der Waals surface area contributed by atoms with Gasteiger partial charge in [-0.15, -0.1) is 5.10 Å². The summed E-state index contributed by atoms with van der Waals surface area (Å²) in [4.78, 5) is 4.83. The maximum Gasteiger partial charge on any atom is 0.247 e. The number of rotatable bonds is 6. The number of sulfone groups is 1. The minimum absolute atomic E-state index is 0.270. The first-order chi connectivity index (χ1) is 13.8. The number of hydrogen-bond donors (Lipinski definition) is 2. The van der Waals surface area contributed by atoms with Gasteiger partial charge in [-0.05, 0) is 36.8 Å². The third kappa shape index (κ3) is 4.13. The zero-order valence-electron chi connectivity index (χ0n) is 15.9. The van der Waals surface area contributed by atoms with Crippen molar-refractivity contribution < 1.29 is 13.5 Å². The van der Waals surface area contributed by atoms with Crippen LogP contribution in [0, 0.1) is 0 Å². The maximum atomic E-state index is 11.7. The van der Waals surface area contributed by atoms with Crippen molar-refractivity contribution in [1.29, 1.82) is 0 Å². The Kier molecular flexibility index (Phi) is 4.81. The molecule has 4 rings (SSSR count). The largest absolute Gasteiger partial charge is 0.391 e. The first kappa shape index (κ1) is 19.1. The van der Waals surface area contributed by atoms with Crippen molar-refractivity contribution in [3.05, 3.63) is 55.0 Å². The van der Waals surface area contributed by atoms with E-state index >= 15 is 0 Å². The van der Waals surface area contributed by atoms with E-state index in [0.29, 0.717) is 23.8 Å². The van der Waals surface area contributed by atoms with E-state index in [1.807, 2.05) is 12.1 Å². The van der Waals surface area contributed by atoms with Crippen LogP contribution in [0.15, 0.2) is 59.9 Å². The lowest BCUT2D eigenvalue weighted by atomic mass is 10.1. The molecule has 3 aromatic heterocycles. The van der Waals surface area contributed by atoms with E-state index in [9.17, 15) is 13.5 Å². The van der Waals surface area contributed by atoms with Crippen molar-refractivity contribution in [2.45, 2.75) is 24.5 Å². The number of aromatic nitrogens is 5. The molecule has 9 nitrogen and oxygen atoms in total. The third-order valence-electron chi connectivity index (χ3n) is 4.30. The fraction of sp³-hybridized carbons (Fsp3) is 0.211. The van der Waals surface area contributed by atoms with Crippen molar-refractivity contribution >= 4 is 27.1 Å². The lowest BCUT2D eigenvalue weighted by molar-refractivity contribution is 0.168. The molecule has 0 aliphatic rings. The monoisotopic (exact) mass is 412 g/mol. The molecule has 10 heteroatoms. The van der Waals surface area contributed by atoms with Gasteiger partial charge in [-0.25, -0.2) is 12.9 Å². The van der Waals surface area contributed by atoms with E-state index in [-0.39, 0.29) is 4.90 Å². The van der Waals surface area contributed by atoms with Crippen molar-refractivity contribution in [2.24, 2.45) is 0 Å². The van der Waals surface area contributed by atoms with E-state index in [1.54, 1.807) is 59.0 Å². The fourth-order valence-corrected chi connectivity index (χ4v) is 3.62. The first-order valence-electron chi connectivity index (χ1n) is 8.93.